The zero-order valence-electron chi connectivity index (χ0n) is 48.5. The number of nitrogens with zero attached hydrogens (tertiary/aromatic N) is 2. The Hall–Kier alpha value is -6.19. The molecule has 303 valence electrons. The van der Waals surface area contributed by atoms with Gasteiger partial charge < -0.3 is 14.4 Å². The third kappa shape index (κ3) is 8.07. The van der Waals surface area contributed by atoms with E-state index < -0.39 is 34.3 Å². The molecule has 0 aliphatic heterocycles. The van der Waals surface area contributed by atoms with E-state index in [1.165, 1.54) is 54.1 Å². The summed E-state index contributed by atoms with van der Waals surface area (Å²) in [6, 6.07) is 44.2. The fourth-order valence-electron chi connectivity index (χ4n) is 7.58. The summed E-state index contributed by atoms with van der Waals surface area (Å²) < 4.78 is 128. The molecule has 0 N–H and O–H groups in total. The van der Waals surface area contributed by atoms with Gasteiger partial charge in [0, 0.05) is 63.8 Å². The van der Waals surface area contributed by atoms with Crippen LogP contribution in [0.2, 0.25) is 0 Å². The summed E-state index contributed by atoms with van der Waals surface area (Å²) in [5.74, 6) is 0. The number of aromatic nitrogens is 2. The van der Waals surface area contributed by atoms with Crippen molar-refractivity contribution < 1.29 is 45.1 Å². The maximum Gasteiger partial charge on any atom is 0.129 e. The standard InChI is InChI=1S/C41H30NO.C16H18N.Ir/c1-24-12-14-29(15-13-24)35-20-26(3)36(21-25(35)2)37-22-38(42-23-27(37)4)34-11-7-10-32-33-19-18-30-17-16-28-8-5-6-9-31(28)39(30)41(33)43-40(32)34;1-12-5-7-13(8-6-12)15-10-9-14(11-17-15)16(2,3)4;/h5-10,12-23H,1-4H3;5-7,9-11H,1-4H3;/q2*-1;/i1D3,2D3,3D3,4D3;1D3;. The molecule has 7 aromatic carbocycles. The molecule has 3 nitrogen and oxygen atoms in total. The molecule has 0 unspecified atom stereocenters. The second kappa shape index (κ2) is 16.7. The van der Waals surface area contributed by atoms with Crippen LogP contribution < -0.4 is 0 Å². The third-order valence-electron chi connectivity index (χ3n) is 10.8. The van der Waals surface area contributed by atoms with E-state index in [1.807, 2.05) is 66.9 Å². The van der Waals surface area contributed by atoms with E-state index in [1.54, 1.807) is 18.2 Å². The number of aryl methyl sites for hydroxylation is 5. The molecule has 3 heterocycles. The Balaban J connectivity index is 0.000000307. The summed E-state index contributed by atoms with van der Waals surface area (Å²) in [4.78, 5) is 8.98. The molecule has 10 aromatic rings. The van der Waals surface area contributed by atoms with Crippen LogP contribution >= 0.6 is 0 Å². The van der Waals surface area contributed by atoms with Gasteiger partial charge in [-0.15, -0.1) is 53.6 Å². The van der Waals surface area contributed by atoms with Gasteiger partial charge in [-0.2, -0.15) is 0 Å². The zero-order valence-corrected chi connectivity index (χ0v) is 35.9. The Bertz CT molecular complexity index is 3720. The van der Waals surface area contributed by atoms with Gasteiger partial charge in [0.1, 0.15) is 5.58 Å². The van der Waals surface area contributed by atoms with Crippen LogP contribution in [-0.4, -0.2) is 9.97 Å². The smallest absolute Gasteiger partial charge is 0.129 e. The minimum atomic E-state index is -2.83. The first-order valence-corrected chi connectivity index (χ1v) is 19.5. The van der Waals surface area contributed by atoms with Gasteiger partial charge in [-0.05, 0) is 105 Å². The predicted molar refractivity (Wildman–Crippen MR) is 253 cm³/mol. The monoisotopic (exact) mass is 984 g/mol. The second-order valence-electron chi connectivity index (χ2n) is 15.8. The topological polar surface area (TPSA) is 38.9 Å². The molecule has 3 aromatic heterocycles. The van der Waals surface area contributed by atoms with E-state index >= 15 is 0 Å². The summed E-state index contributed by atoms with van der Waals surface area (Å²) in [6.45, 7) is -6.46. The molecule has 4 heteroatoms. The molecule has 1 radical (unpaired) electrons. The Labute approximate surface area is 394 Å². The maximum absolute atomic E-state index is 8.54. The molecule has 0 spiro atoms. The van der Waals surface area contributed by atoms with Crippen LogP contribution in [0.5, 0.6) is 0 Å². The van der Waals surface area contributed by atoms with Crippen molar-refractivity contribution in [2.75, 3.05) is 0 Å². The summed E-state index contributed by atoms with van der Waals surface area (Å²) in [5, 5.41) is 5.58. The predicted octanol–water partition coefficient (Wildman–Crippen LogP) is 15.5. The summed E-state index contributed by atoms with van der Waals surface area (Å²) in [7, 11) is 0. The van der Waals surface area contributed by atoms with Crippen molar-refractivity contribution >= 4 is 43.5 Å². The first-order chi connectivity index (χ1) is 35.0. The number of hydrogen-bond acceptors (Lipinski definition) is 3. The molecule has 0 aliphatic carbocycles. The van der Waals surface area contributed by atoms with Crippen molar-refractivity contribution in [2.24, 2.45) is 0 Å². The van der Waals surface area contributed by atoms with Crippen LogP contribution in [0, 0.1) is 46.4 Å². The molecule has 0 fully saturated rings. The van der Waals surface area contributed by atoms with Crippen molar-refractivity contribution in [3.8, 4) is 44.8 Å². The minimum Gasteiger partial charge on any atom is -0.500 e. The summed E-state index contributed by atoms with van der Waals surface area (Å²) in [6.07, 6.45) is 3.02. The molecule has 0 atom stereocenters. The first kappa shape index (κ1) is 26.9. The van der Waals surface area contributed by atoms with E-state index in [2.05, 4.69) is 48.9 Å². The molecule has 10 rings (SSSR count). The average Bonchev–Trinajstić information content (AvgIpc) is 3.75. The van der Waals surface area contributed by atoms with Crippen molar-refractivity contribution in [1.82, 2.24) is 9.97 Å². The van der Waals surface area contributed by atoms with Crippen molar-refractivity contribution in [3.63, 3.8) is 0 Å². The fraction of sp³-hybridized carbons (Fsp3) is 0.158. The van der Waals surface area contributed by atoms with Crippen molar-refractivity contribution in [1.29, 1.82) is 0 Å². The Morgan fingerprint density at radius 1 is 0.557 bits per heavy atom. The third-order valence-corrected chi connectivity index (χ3v) is 10.8. The Kier molecular flexibility index (Phi) is 7.36. The first-order valence-electron chi connectivity index (χ1n) is 27.0. The van der Waals surface area contributed by atoms with Gasteiger partial charge in [-0.25, -0.2) is 0 Å². The van der Waals surface area contributed by atoms with Gasteiger partial charge in [0.15, 0.2) is 0 Å². The van der Waals surface area contributed by atoms with Crippen LogP contribution in [-0.2, 0) is 25.5 Å². The normalized spacial score (nSPS) is 16.1. The number of furan rings is 1. The number of fused-ring (bicyclic) bond motifs is 7. The van der Waals surface area contributed by atoms with Gasteiger partial charge in [-0.3, -0.25) is 0 Å². The fourth-order valence-corrected chi connectivity index (χ4v) is 7.58. The Morgan fingerprint density at radius 2 is 1.26 bits per heavy atom. The van der Waals surface area contributed by atoms with Crippen LogP contribution in [0.25, 0.3) is 88.3 Å². The summed E-state index contributed by atoms with van der Waals surface area (Å²) in [5.41, 5.74) is 4.28. The number of hydrogen-bond donors (Lipinski definition) is 0. The molecule has 0 saturated heterocycles. The second-order valence-corrected chi connectivity index (χ2v) is 15.8. The van der Waals surface area contributed by atoms with E-state index in [0.29, 0.717) is 22.3 Å². The zero-order chi connectivity index (χ0) is 54.2. The molecule has 61 heavy (non-hydrogen) atoms. The summed E-state index contributed by atoms with van der Waals surface area (Å²) >= 11 is 0. The molecule has 0 amide bonds. The van der Waals surface area contributed by atoms with Gasteiger partial charge in [0.25, 0.3) is 0 Å². The van der Waals surface area contributed by atoms with E-state index in [-0.39, 0.29) is 75.7 Å². The van der Waals surface area contributed by atoms with Crippen LogP contribution in [0.4, 0.5) is 0 Å². The van der Waals surface area contributed by atoms with Gasteiger partial charge in [0.2, 0.25) is 0 Å². The van der Waals surface area contributed by atoms with Crippen LogP contribution in [0.1, 0.15) is 74.7 Å². The number of rotatable bonds is 4. The van der Waals surface area contributed by atoms with Gasteiger partial charge in [0.05, 0.1) is 5.58 Å². The SMILES string of the molecule is [2H]C([2H])([2H])c1c[c-]c(-c2ccc(C(C)(C)C)cn2)cc1.[2H]C([2H])([2H])c1ccc(-c2cc(C([2H])([2H])[2H])c(-c3cc(-c4[c-]ccc5c4oc4c5ccc5ccc6ccccc6c54)ncc3C([2H])([2H])[2H])cc2C([2H])([2H])[2H])cc1.[Ir]. The average molecular weight is 984 g/mol. The van der Waals surface area contributed by atoms with E-state index in [4.69, 9.17) is 25.0 Å². The van der Waals surface area contributed by atoms with Crippen molar-refractivity contribution in [2.45, 2.75) is 60.4 Å². The van der Waals surface area contributed by atoms with Crippen LogP contribution in [0.3, 0.4) is 0 Å². The Morgan fingerprint density at radius 3 is 2.00 bits per heavy atom. The van der Waals surface area contributed by atoms with Crippen LogP contribution in [0.15, 0.2) is 150 Å². The molecule has 0 aliphatic rings. The van der Waals surface area contributed by atoms with E-state index in [9.17, 15) is 0 Å². The molecular formula is C57H48IrN2O-2. The van der Waals surface area contributed by atoms with E-state index in [0.717, 1.165) is 49.8 Å². The molecular weight excluding hydrogens is 921 g/mol. The number of benzene rings is 7. The molecule has 0 bridgehead atoms. The quantitative estimate of drug-likeness (QED) is 0.130. The minimum absolute atomic E-state index is 0. The van der Waals surface area contributed by atoms with Crippen molar-refractivity contribution in [3.05, 3.63) is 191 Å². The molecule has 0 saturated carbocycles. The van der Waals surface area contributed by atoms with Gasteiger partial charge >= 0.3 is 0 Å². The number of pyridine rings is 2. The largest absolute Gasteiger partial charge is 0.500 e. The maximum atomic E-state index is 8.54. The van der Waals surface area contributed by atoms with Gasteiger partial charge in [-0.1, -0.05) is 147 Å².